The summed E-state index contributed by atoms with van der Waals surface area (Å²) in [7, 11) is 1.46. The number of cyclic esters (lactones) is 1. The fraction of sp³-hybridized carbons (Fsp3) is 0.889. The molecule has 2 aliphatic heterocycles. The lowest BCUT2D eigenvalue weighted by atomic mass is 10.1. The van der Waals surface area contributed by atoms with Gasteiger partial charge >= 0.3 is 5.97 Å². The van der Waals surface area contributed by atoms with Gasteiger partial charge in [0.25, 0.3) is 0 Å². The molecule has 2 heterocycles. The van der Waals surface area contributed by atoms with Crippen LogP contribution in [-0.2, 0) is 23.7 Å². The molecule has 2 rings (SSSR count). The van der Waals surface area contributed by atoms with E-state index in [1.54, 1.807) is 0 Å². The second kappa shape index (κ2) is 3.18. The molecule has 5 heteroatoms. The van der Waals surface area contributed by atoms with E-state index in [1.807, 2.05) is 13.8 Å². The summed E-state index contributed by atoms with van der Waals surface area (Å²) in [6, 6.07) is 0. The molecule has 14 heavy (non-hydrogen) atoms. The van der Waals surface area contributed by atoms with Crippen LogP contribution in [0.2, 0.25) is 0 Å². The summed E-state index contributed by atoms with van der Waals surface area (Å²) in [6.07, 6.45) is -1.24. The standard InChI is InChI=1S/C9H14O5/c1-9(2)13-5-4-12-8(10)7(11-3)6(5)14-9/h5-7H,4H2,1-3H3/t5-,6-,7+/m0/s1. The zero-order valence-electron chi connectivity index (χ0n) is 8.48. The molecule has 5 nitrogen and oxygen atoms in total. The maximum absolute atomic E-state index is 11.3. The Morgan fingerprint density at radius 1 is 1.43 bits per heavy atom. The van der Waals surface area contributed by atoms with E-state index in [9.17, 15) is 4.79 Å². The minimum absolute atomic E-state index is 0.215. The first-order chi connectivity index (χ1) is 6.53. The molecule has 0 bridgehead atoms. The van der Waals surface area contributed by atoms with Gasteiger partial charge in [-0.3, -0.25) is 0 Å². The van der Waals surface area contributed by atoms with E-state index < -0.39 is 11.9 Å². The Balaban J connectivity index is 2.16. The van der Waals surface area contributed by atoms with Crippen LogP contribution in [0.1, 0.15) is 13.8 Å². The van der Waals surface area contributed by atoms with Crippen LogP contribution in [0.3, 0.4) is 0 Å². The van der Waals surface area contributed by atoms with E-state index in [2.05, 4.69) is 0 Å². The van der Waals surface area contributed by atoms with Crippen molar-refractivity contribution in [2.75, 3.05) is 13.7 Å². The van der Waals surface area contributed by atoms with Crippen LogP contribution >= 0.6 is 0 Å². The summed E-state index contributed by atoms with van der Waals surface area (Å²) in [5.74, 6) is -1.05. The maximum Gasteiger partial charge on any atom is 0.338 e. The average Bonchev–Trinajstić information content (AvgIpc) is 2.39. The molecule has 0 aromatic rings. The lowest BCUT2D eigenvalue weighted by Crippen LogP contribution is -2.49. The molecule has 0 aromatic carbocycles. The number of hydrogen-bond donors (Lipinski definition) is 0. The Hall–Kier alpha value is -0.650. The van der Waals surface area contributed by atoms with Crippen molar-refractivity contribution in [3.05, 3.63) is 0 Å². The van der Waals surface area contributed by atoms with Gasteiger partial charge in [0.05, 0.1) is 0 Å². The van der Waals surface area contributed by atoms with Crippen LogP contribution in [0, 0.1) is 0 Å². The van der Waals surface area contributed by atoms with Crippen molar-refractivity contribution in [3.8, 4) is 0 Å². The number of carbonyl (C=O) groups is 1. The first-order valence-corrected chi connectivity index (χ1v) is 4.58. The highest BCUT2D eigenvalue weighted by Crippen LogP contribution is 2.33. The molecule has 0 aliphatic carbocycles. The van der Waals surface area contributed by atoms with Crippen LogP contribution in [0.5, 0.6) is 0 Å². The predicted octanol–water partition coefficient (Wildman–Crippen LogP) is 0.0783. The van der Waals surface area contributed by atoms with Crippen LogP contribution in [0.15, 0.2) is 0 Å². The topological polar surface area (TPSA) is 54.0 Å². The molecule has 0 unspecified atom stereocenters. The van der Waals surface area contributed by atoms with E-state index >= 15 is 0 Å². The van der Waals surface area contributed by atoms with E-state index in [-0.39, 0.29) is 24.8 Å². The van der Waals surface area contributed by atoms with Gasteiger partial charge in [0.15, 0.2) is 11.9 Å². The molecular formula is C9H14O5. The zero-order chi connectivity index (χ0) is 10.3. The number of ether oxygens (including phenoxy) is 4. The Kier molecular flexibility index (Phi) is 2.25. The fourth-order valence-corrected chi connectivity index (χ4v) is 1.86. The molecule has 0 radical (unpaired) electrons. The van der Waals surface area contributed by atoms with Crippen LogP contribution in [0.25, 0.3) is 0 Å². The van der Waals surface area contributed by atoms with Gasteiger partial charge in [-0.25, -0.2) is 4.79 Å². The summed E-state index contributed by atoms with van der Waals surface area (Å²) in [4.78, 5) is 11.3. The number of carbonyl (C=O) groups excluding carboxylic acids is 1. The van der Waals surface area contributed by atoms with E-state index in [1.165, 1.54) is 7.11 Å². The number of fused-ring (bicyclic) bond motifs is 1. The van der Waals surface area contributed by atoms with E-state index in [4.69, 9.17) is 18.9 Å². The van der Waals surface area contributed by atoms with Crippen molar-refractivity contribution < 1.29 is 23.7 Å². The average molecular weight is 202 g/mol. The SMILES string of the molecule is CO[C@H]1C(=O)OC[C@@H]2OC(C)(C)O[C@@H]21. The van der Waals surface area contributed by atoms with Crippen molar-refractivity contribution in [2.45, 2.75) is 37.9 Å². The van der Waals surface area contributed by atoms with E-state index in [0.717, 1.165) is 0 Å². The van der Waals surface area contributed by atoms with Crippen LogP contribution < -0.4 is 0 Å². The second-order valence-corrected chi connectivity index (χ2v) is 3.92. The largest absolute Gasteiger partial charge is 0.461 e. The highest BCUT2D eigenvalue weighted by molar-refractivity contribution is 5.76. The quantitative estimate of drug-likeness (QED) is 0.563. The molecule has 80 valence electrons. The Morgan fingerprint density at radius 2 is 2.14 bits per heavy atom. The Labute approximate surface area is 82.3 Å². The maximum atomic E-state index is 11.3. The highest BCUT2D eigenvalue weighted by Gasteiger charge is 2.51. The zero-order valence-corrected chi connectivity index (χ0v) is 8.48. The number of hydrogen-bond acceptors (Lipinski definition) is 5. The number of rotatable bonds is 1. The normalized spacial score (nSPS) is 40.5. The molecular weight excluding hydrogens is 188 g/mol. The third-order valence-corrected chi connectivity index (χ3v) is 2.40. The summed E-state index contributed by atoms with van der Waals surface area (Å²) in [6.45, 7) is 3.86. The fourth-order valence-electron chi connectivity index (χ4n) is 1.86. The summed E-state index contributed by atoms with van der Waals surface area (Å²) in [5.41, 5.74) is 0. The van der Waals surface area contributed by atoms with Crippen LogP contribution in [0.4, 0.5) is 0 Å². The summed E-state index contributed by atoms with van der Waals surface area (Å²) >= 11 is 0. The molecule has 2 saturated heterocycles. The van der Waals surface area contributed by atoms with Crippen molar-refractivity contribution >= 4 is 5.97 Å². The molecule has 2 aliphatic rings. The van der Waals surface area contributed by atoms with Crippen molar-refractivity contribution in [1.82, 2.24) is 0 Å². The third kappa shape index (κ3) is 1.51. The Bertz CT molecular complexity index is 250. The lowest BCUT2D eigenvalue weighted by molar-refractivity contribution is -0.178. The summed E-state index contributed by atoms with van der Waals surface area (Å²) < 4.78 is 21.1. The lowest BCUT2D eigenvalue weighted by Gasteiger charge is -2.28. The molecule has 0 amide bonds. The molecule has 0 spiro atoms. The van der Waals surface area contributed by atoms with Crippen molar-refractivity contribution in [1.29, 1.82) is 0 Å². The van der Waals surface area contributed by atoms with Gasteiger partial charge in [-0.1, -0.05) is 0 Å². The second-order valence-electron chi connectivity index (χ2n) is 3.92. The molecule has 2 fully saturated rings. The first kappa shape index (κ1) is 9.89. The number of methoxy groups -OCH3 is 1. The van der Waals surface area contributed by atoms with Gasteiger partial charge in [-0.05, 0) is 13.8 Å². The summed E-state index contributed by atoms with van der Waals surface area (Å²) in [5, 5.41) is 0. The highest BCUT2D eigenvalue weighted by atomic mass is 16.8. The minimum Gasteiger partial charge on any atom is -0.461 e. The number of esters is 1. The monoisotopic (exact) mass is 202 g/mol. The van der Waals surface area contributed by atoms with Crippen molar-refractivity contribution in [2.24, 2.45) is 0 Å². The Morgan fingerprint density at radius 3 is 2.79 bits per heavy atom. The minimum atomic E-state index is -0.671. The molecule has 3 atom stereocenters. The van der Waals surface area contributed by atoms with Gasteiger partial charge in [0, 0.05) is 7.11 Å². The predicted molar refractivity (Wildman–Crippen MR) is 45.6 cm³/mol. The van der Waals surface area contributed by atoms with Crippen LogP contribution in [-0.4, -0.2) is 43.8 Å². The van der Waals surface area contributed by atoms with Gasteiger partial charge < -0.3 is 18.9 Å². The van der Waals surface area contributed by atoms with Gasteiger partial charge in [0.2, 0.25) is 0 Å². The third-order valence-electron chi connectivity index (χ3n) is 2.40. The molecule has 0 N–H and O–H groups in total. The van der Waals surface area contributed by atoms with Gasteiger partial charge in [-0.15, -0.1) is 0 Å². The molecule has 0 aromatic heterocycles. The van der Waals surface area contributed by atoms with E-state index in [0.29, 0.717) is 0 Å². The van der Waals surface area contributed by atoms with Crippen molar-refractivity contribution in [3.63, 3.8) is 0 Å². The van der Waals surface area contributed by atoms with Gasteiger partial charge in [-0.2, -0.15) is 0 Å². The van der Waals surface area contributed by atoms with Gasteiger partial charge in [0.1, 0.15) is 18.8 Å². The molecule has 0 saturated carbocycles. The smallest absolute Gasteiger partial charge is 0.338 e. The first-order valence-electron chi connectivity index (χ1n) is 4.58.